The normalized spacial score (nSPS) is 22.4. The topological polar surface area (TPSA) is 346 Å². The number of aliphatic hydroxyl groups is 3. The Balaban J connectivity index is 0.00000333. The van der Waals surface area contributed by atoms with E-state index in [1.165, 1.54) is 31.1 Å². The summed E-state index contributed by atoms with van der Waals surface area (Å²) in [7, 11) is -12.9. The lowest BCUT2D eigenvalue weighted by Gasteiger charge is -2.41. The molecule has 2 aromatic carbocycles. The van der Waals surface area contributed by atoms with E-state index < -0.39 is 88.2 Å². The predicted molar refractivity (Wildman–Crippen MR) is 297 cm³/mol. The minimum atomic E-state index is -4.49. The van der Waals surface area contributed by atoms with Gasteiger partial charge in [-0.1, -0.05) is 42.8 Å². The number of amides is 1. The van der Waals surface area contributed by atoms with Gasteiger partial charge in [0.05, 0.1) is 47.2 Å². The molecule has 2 aliphatic heterocycles. The Kier molecular flexibility index (Phi) is 25.8. The zero-order valence-electron chi connectivity index (χ0n) is 45.8. The van der Waals surface area contributed by atoms with Gasteiger partial charge >= 0.3 is 16.7 Å². The van der Waals surface area contributed by atoms with Crippen molar-refractivity contribution in [1.82, 2.24) is 4.90 Å². The predicted octanol–water partition coefficient (Wildman–Crippen LogP) is 4.92. The molecule has 1 fully saturated rings. The Morgan fingerprint density at radius 3 is 2.08 bits per heavy atom. The van der Waals surface area contributed by atoms with E-state index in [4.69, 9.17) is 26.8 Å². The zero-order valence-corrected chi connectivity index (χ0v) is 49.1. The molecule has 0 aromatic heterocycles. The molecule has 27 heteroatoms. The Morgan fingerprint density at radius 2 is 1.44 bits per heavy atom. The number of benzene rings is 2. The molecule has 1 aliphatic carbocycles. The van der Waals surface area contributed by atoms with E-state index in [9.17, 15) is 63.8 Å². The first-order valence-corrected chi connectivity index (χ1v) is 32.0. The van der Waals surface area contributed by atoms with Gasteiger partial charge in [-0.2, -0.15) is 29.8 Å². The highest BCUT2D eigenvalue weighted by molar-refractivity contribution is 7.86. The highest BCUT2D eigenvalue weighted by Crippen LogP contribution is 2.51. The minimum Gasteiger partial charge on any atom is -0.440 e. The van der Waals surface area contributed by atoms with Gasteiger partial charge in [-0.3, -0.25) is 18.5 Å². The van der Waals surface area contributed by atoms with Crippen molar-refractivity contribution in [3.05, 3.63) is 89.7 Å². The number of unbranched alkanes of at least 4 members (excludes halogenated alkanes) is 4. The summed E-state index contributed by atoms with van der Waals surface area (Å²) < 4.78 is 144. The van der Waals surface area contributed by atoms with Gasteiger partial charge in [0.15, 0.2) is 11.8 Å². The number of para-hydroxylation sites is 1. The molecule has 1 amide bonds. The van der Waals surface area contributed by atoms with Crippen molar-refractivity contribution in [3.63, 3.8) is 0 Å². The Bertz CT molecular complexity index is 3030. The molecule has 0 spiro atoms. The van der Waals surface area contributed by atoms with Crippen LogP contribution in [-0.4, -0.2) is 183 Å². The average Bonchev–Trinajstić information content (AvgIpc) is 3.73. The summed E-state index contributed by atoms with van der Waals surface area (Å²) in [4.78, 5) is 28.2. The summed E-state index contributed by atoms with van der Waals surface area (Å²) in [6.45, 7) is 7.22. The van der Waals surface area contributed by atoms with Crippen LogP contribution < -0.4 is 4.90 Å². The second kappa shape index (κ2) is 30.5. The second-order valence-electron chi connectivity index (χ2n) is 20.9. The molecule has 6 atom stereocenters. The summed E-state index contributed by atoms with van der Waals surface area (Å²) in [6, 6.07) is 12.4. The number of fused-ring (bicyclic) bond motifs is 2. The van der Waals surface area contributed by atoms with Crippen LogP contribution in [0.25, 0.3) is 0 Å². The highest BCUT2D eigenvalue weighted by Gasteiger charge is 2.47. The maximum absolute atomic E-state index is 12.9. The van der Waals surface area contributed by atoms with E-state index in [0.717, 1.165) is 34.8 Å². The fourth-order valence-electron chi connectivity index (χ4n) is 10.4. The molecule has 0 saturated heterocycles. The number of Topliss-reactive ketones (excluding diaryl/α,β-unsaturated/α-hetero) is 1. The van der Waals surface area contributed by atoms with Crippen LogP contribution in [0.1, 0.15) is 109 Å². The zero-order chi connectivity index (χ0) is 59.6. The molecule has 6 N–H and O–H groups in total. The van der Waals surface area contributed by atoms with Crippen LogP contribution in [0.3, 0.4) is 0 Å². The summed E-state index contributed by atoms with van der Waals surface area (Å²) in [6.07, 6.45) is 9.67. The molecule has 80 heavy (non-hydrogen) atoms. The van der Waals surface area contributed by atoms with Gasteiger partial charge in [-0.25, -0.2) is 4.79 Å². The monoisotopic (exact) mass is 1200 g/mol. The van der Waals surface area contributed by atoms with Crippen LogP contribution in [0.15, 0.2) is 83.4 Å². The van der Waals surface area contributed by atoms with E-state index in [2.05, 4.69) is 16.4 Å². The van der Waals surface area contributed by atoms with Crippen molar-refractivity contribution < 1.29 is 95.2 Å². The van der Waals surface area contributed by atoms with Crippen molar-refractivity contribution in [3.8, 4) is 0 Å². The third kappa shape index (κ3) is 20.0. The number of ether oxygens (including phenoxy) is 3. The molecule has 5 rings (SSSR count). The number of allylic oxidation sites excluding steroid dienone is 6. The van der Waals surface area contributed by atoms with Gasteiger partial charge in [-0.05, 0) is 102 Å². The Morgan fingerprint density at radius 1 is 0.787 bits per heavy atom. The quantitative estimate of drug-likeness (QED) is 0.0262. The fourth-order valence-corrected chi connectivity index (χ4v) is 12.0. The standard InChI is InChI=1S/C53H77N3O17S3.O3S/c1-52(2)42-36-40(76(68,69)70)25-26-44(42)55(28-14-7-8-19-39(58)20-18-30-71-31-32-72-45-35-38(37-57)48(59)49(60)50(45)73-51(61)54(4)5)46(52)23-9-6-10-24-47-53(3,27-13-16-33-74(62,63)64)41-21-11-12-22-43(41)56(47)29-15-17-34-75(65,66)67;1-4(2)3/h6,9-12,21-26,36,38,45,48-50,57,59-60H,7-8,13-20,27-35,37H2,1-5H3,(H2-,62,63,64,65,66,67,68,69,70);/p+1/t38-,45+,48-,49+,50-,53?;/m1./s1. The lowest BCUT2D eigenvalue weighted by atomic mass is 9.77. The lowest BCUT2D eigenvalue weighted by molar-refractivity contribution is -0.438. The highest BCUT2D eigenvalue weighted by atomic mass is 32.2. The van der Waals surface area contributed by atoms with Gasteiger partial charge in [-0.15, -0.1) is 12.6 Å². The smallest absolute Gasteiger partial charge is 0.425 e. The minimum absolute atomic E-state index is 0.0920. The summed E-state index contributed by atoms with van der Waals surface area (Å²) in [5, 5.41) is 30.7. The van der Waals surface area contributed by atoms with Gasteiger partial charge in [0.25, 0.3) is 30.4 Å². The van der Waals surface area contributed by atoms with Crippen LogP contribution in [0, 0.1) is 5.92 Å². The van der Waals surface area contributed by atoms with Crippen LogP contribution in [0.2, 0.25) is 0 Å². The van der Waals surface area contributed by atoms with E-state index in [1.54, 1.807) is 6.07 Å². The molecule has 2 heterocycles. The van der Waals surface area contributed by atoms with Gasteiger partial charge in [0.1, 0.15) is 18.4 Å². The summed E-state index contributed by atoms with van der Waals surface area (Å²) in [5.74, 6) is -1.30. The molecule has 23 nitrogen and oxygen atoms in total. The molecule has 1 unspecified atom stereocenters. The number of ketones is 1. The first-order chi connectivity index (χ1) is 37.4. The molecule has 2 aromatic rings. The number of hydrogen-bond donors (Lipinski definition) is 6. The van der Waals surface area contributed by atoms with Crippen molar-refractivity contribution >= 4 is 69.9 Å². The number of carbonyl (C=O) groups is 2. The third-order valence-corrected chi connectivity index (χ3v) is 16.9. The van der Waals surface area contributed by atoms with Crippen molar-refractivity contribution in [2.45, 2.75) is 138 Å². The van der Waals surface area contributed by atoms with Gasteiger partial charge in [0, 0.05) is 93.5 Å². The van der Waals surface area contributed by atoms with Crippen molar-refractivity contribution in [2.75, 3.05) is 70.0 Å². The van der Waals surface area contributed by atoms with Crippen molar-refractivity contribution in [1.29, 1.82) is 0 Å². The molecule has 3 aliphatic rings. The maximum Gasteiger partial charge on any atom is 0.425 e. The second-order valence-corrected chi connectivity index (χ2v) is 25.9. The molecular weight excluding hydrogens is 1130 g/mol. The number of carbonyl (C=O) groups excluding carboxylic acids is 2. The van der Waals surface area contributed by atoms with Crippen molar-refractivity contribution in [2.24, 2.45) is 5.92 Å². The first-order valence-electron chi connectivity index (χ1n) is 26.4. The largest absolute Gasteiger partial charge is 0.440 e. The maximum atomic E-state index is 12.9. The van der Waals surface area contributed by atoms with E-state index in [1.807, 2.05) is 68.5 Å². The Hall–Kier alpha value is -4.78. The van der Waals surface area contributed by atoms with E-state index in [0.29, 0.717) is 76.6 Å². The van der Waals surface area contributed by atoms with E-state index >= 15 is 0 Å². The van der Waals surface area contributed by atoms with Crippen LogP contribution in [-0.2, 0) is 70.8 Å². The fraction of sp³-hybridized carbons (Fsp3) is 0.604. The third-order valence-electron chi connectivity index (χ3n) is 14.4. The number of nitrogens with zero attached hydrogens (tertiary/aromatic N) is 3. The van der Waals surface area contributed by atoms with E-state index in [-0.39, 0.29) is 61.3 Å². The number of hydrogen-bond acceptors (Lipinski definition) is 18. The van der Waals surface area contributed by atoms with Gasteiger partial charge < -0.3 is 39.3 Å². The molecule has 1 saturated carbocycles. The summed E-state index contributed by atoms with van der Waals surface area (Å²) in [5.41, 5.74) is 3.98. The first kappa shape index (κ1) is 67.7. The number of anilines is 1. The SMILES string of the molecule is CN(C)C(=O)O[C@H]1[C@@H](O)[C@H](O)[C@@H](CO)C[C@@H]1OCCOCCCC(=O)CCCCC[N+]1=C(C=CC=CC=C2N(CCCCS(=O)(=O)O)c3ccccc3C2(C)CCCCS(=O)(=O)O)C(C)(C)c2cc(S(=O)(=O)O)ccc21.O=S(=O)=O. The lowest BCUT2D eigenvalue weighted by Crippen LogP contribution is -2.57. The number of aliphatic hydroxyl groups excluding tert-OH is 3. The number of rotatable bonds is 30. The molecule has 0 radical (unpaired) electrons. The van der Waals surface area contributed by atoms with Crippen LogP contribution >= 0.6 is 0 Å². The summed E-state index contributed by atoms with van der Waals surface area (Å²) >= 11 is 0. The molecule has 0 bridgehead atoms. The van der Waals surface area contributed by atoms with Crippen LogP contribution in [0.4, 0.5) is 16.2 Å². The molecular formula is C53H78N3O20S4+. The average molecular weight is 1210 g/mol. The Labute approximate surface area is 471 Å². The molecule has 448 valence electrons. The van der Waals surface area contributed by atoms with Crippen LogP contribution in [0.5, 0.6) is 0 Å². The van der Waals surface area contributed by atoms with Gasteiger partial charge in [0.2, 0.25) is 5.69 Å².